The topological polar surface area (TPSA) is 24.5 Å². The van der Waals surface area contributed by atoms with E-state index in [2.05, 4.69) is 28.9 Å². The lowest BCUT2D eigenvalue weighted by atomic mass is 9.90. The van der Waals surface area contributed by atoms with Crippen LogP contribution in [-0.4, -0.2) is 37.7 Å². The Kier molecular flexibility index (Phi) is 5.17. The number of para-hydroxylation sites is 2. The lowest BCUT2D eigenvalue weighted by molar-refractivity contribution is -0.0494. The van der Waals surface area contributed by atoms with Crippen molar-refractivity contribution in [1.29, 1.82) is 0 Å². The van der Waals surface area contributed by atoms with Gasteiger partial charge in [0.25, 0.3) is 0 Å². The smallest absolute Gasteiger partial charge is 0.387 e. The van der Waals surface area contributed by atoms with E-state index in [4.69, 9.17) is 0 Å². The van der Waals surface area contributed by atoms with Gasteiger partial charge in [-0.3, -0.25) is 0 Å². The van der Waals surface area contributed by atoms with E-state index in [1.54, 1.807) is 18.2 Å². The predicted molar refractivity (Wildman–Crippen MR) is 76.4 cm³/mol. The largest absolute Gasteiger partial charge is 0.433 e. The molecule has 2 rings (SSSR count). The van der Waals surface area contributed by atoms with E-state index < -0.39 is 6.61 Å². The summed E-state index contributed by atoms with van der Waals surface area (Å²) in [5, 5.41) is 3.32. The molecule has 0 aromatic heterocycles. The van der Waals surface area contributed by atoms with Crippen molar-refractivity contribution in [3.8, 4) is 5.75 Å². The first-order chi connectivity index (χ1) is 9.56. The molecule has 0 aliphatic carbocycles. The van der Waals surface area contributed by atoms with Gasteiger partial charge in [-0.1, -0.05) is 12.1 Å². The van der Waals surface area contributed by atoms with Gasteiger partial charge in [-0.25, -0.2) is 0 Å². The van der Waals surface area contributed by atoms with Gasteiger partial charge in [0.05, 0.1) is 5.69 Å². The number of hydrogen-bond donors (Lipinski definition) is 1. The van der Waals surface area contributed by atoms with Crippen LogP contribution in [0.2, 0.25) is 0 Å². The number of hydrogen-bond acceptors (Lipinski definition) is 3. The highest BCUT2D eigenvalue weighted by molar-refractivity contribution is 5.56. The molecule has 1 atom stereocenters. The van der Waals surface area contributed by atoms with Crippen LogP contribution in [-0.2, 0) is 0 Å². The van der Waals surface area contributed by atoms with Crippen LogP contribution in [0, 0.1) is 5.92 Å². The van der Waals surface area contributed by atoms with Gasteiger partial charge in [0.1, 0.15) is 5.75 Å². The van der Waals surface area contributed by atoms with Crippen molar-refractivity contribution < 1.29 is 13.5 Å². The first kappa shape index (κ1) is 15.0. The average Bonchev–Trinajstić information content (AvgIpc) is 2.41. The summed E-state index contributed by atoms with van der Waals surface area (Å²) < 4.78 is 29.3. The van der Waals surface area contributed by atoms with Crippen molar-refractivity contribution in [1.82, 2.24) is 4.90 Å². The van der Waals surface area contributed by atoms with Gasteiger partial charge in [0.15, 0.2) is 0 Å². The zero-order valence-electron chi connectivity index (χ0n) is 12.0. The molecule has 1 aliphatic heterocycles. The Balaban J connectivity index is 1.98. The third-order valence-corrected chi connectivity index (χ3v) is 3.96. The fourth-order valence-electron chi connectivity index (χ4n) is 2.68. The van der Waals surface area contributed by atoms with Crippen molar-refractivity contribution in [2.75, 3.05) is 25.5 Å². The van der Waals surface area contributed by atoms with E-state index >= 15 is 0 Å². The van der Waals surface area contributed by atoms with Gasteiger partial charge >= 0.3 is 6.61 Å². The van der Waals surface area contributed by atoms with Gasteiger partial charge in [-0.15, -0.1) is 0 Å². The monoisotopic (exact) mass is 284 g/mol. The predicted octanol–water partition coefficient (Wildman–Crippen LogP) is 3.43. The number of nitrogens with zero attached hydrogens (tertiary/aromatic N) is 1. The number of ether oxygens (including phenoxy) is 1. The summed E-state index contributed by atoms with van der Waals surface area (Å²) in [6.07, 6.45) is 2.26. The summed E-state index contributed by atoms with van der Waals surface area (Å²) >= 11 is 0. The summed E-state index contributed by atoms with van der Waals surface area (Å²) in [7, 11) is 2.13. The standard InChI is InChI=1S/C15H22F2N2O/c1-11(12-7-9-19(2)10-8-12)18-13-5-3-4-6-14(13)20-15(16)17/h3-6,11-12,15,18H,7-10H2,1-2H3. The number of halogens is 2. The van der Waals surface area contributed by atoms with Crippen LogP contribution in [0.15, 0.2) is 24.3 Å². The Morgan fingerprint density at radius 2 is 1.90 bits per heavy atom. The molecule has 5 heteroatoms. The van der Waals surface area contributed by atoms with Crippen molar-refractivity contribution in [3.05, 3.63) is 24.3 Å². The van der Waals surface area contributed by atoms with E-state index in [1.807, 2.05) is 6.07 Å². The number of piperidine rings is 1. The number of nitrogens with one attached hydrogen (secondary N) is 1. The molecule has 20 heavy (non-hydrogen) atoms. The molecule has 3 nitrogen and oxygen atoms in total. The molecule has 0 bridgehead atoms. The summed E-state index contributed by atoms with van der Waals surface area (Å²) in [6.45, 7) is 1.49. The van der Waals surface area contributed by atoms with Crippen LogP contribution in [0.4, 0.5) is 14.5 Å². The van der Waals surface area contributed by atoms with Crippen LogP contribution in [0.3, 0.4) is 0 Å². The number of benzene rings is 1. The fourth-order valence-corrected chi connectivity index (χ4v) is 2.68. The number of rotatable bonds is 5. The van der Waals surface area contributed by atoms with Crippen LogP contribution in [0.5, 0.6) is 5.75 Å². The maximum absolute atomic E-state index is 12.4. The minimum absolute atomic E-state index is 0.210. The van der Waals surface area contributed by atoms with Crippen molar-refractivity contribution in [2.45, 2.75) is 32.4 Å². The molecule has 112 valence electrons. The molecule has 1 N–H and O–H groups in total. The second kappa shape index (κ2) is 6.88. The van der Waals surface area contributed by atoms with Crippen LogP contribution >= 0.6 is 0 Å². The lowest BCUT2D eigenvalue weighted by Crippen LogP contribution is -2.37. The van der Waals surface area contributed by atoms with Gasteiger partial charge in [-0.2, -0.15) is 8.78 Å². The molecule has 0 amide bonds. The molecule has 1 aromatic carbocycles. The number of alkyl halides is 2. The molecule has 1 aromatic rings. The first-order valence-corrected chi connectivity index (χ1v) is 7.05. The summed E-state index contributed by atoms with van der Waals surface area (Å²) in [5.41, 5.74) is 0.638. The van der Waals surface area contributed by atoms with E-state index in [0.29, 0.717) is 11.6 Å². The third-order valence-electron chi connectivity index (χ3n) is 3.96. The van der Waals surface area contributed by atoms with Gasteiger partial charge < -0.3 is 15.0 Å². The molecule has 1 fully saturated rings. The van der Waals surface area contributed by atoms with Crippen molar-refractivity contribution in [2.24, 2.45) is 5.92 Å². The minimum Gasteiger partial charge on any atom is -0.433 e. The lowest BCUT2D eigenvalue weighted by Gasteiger charge is -2.33. The molecule has 0 spiro atoms. The molecule has 1 saturated heterocycles. The number of likely N-dealkylation sites (tertiary alicyclic amines) is 1. The Morgan fingerprint density at radius 3 is 2.55 bits per heavy atom. The van der Waals surface area contributed by atoms with E-state index in [1.165, 1.54) is 0 Å². The average molecular weight is 284 g/mol. The molecule has 1 unspecified atom stereocenters. The van der Waals surface area contributed by atoms with Crippen molar-refractivity contribution in [3.63, 3.8) is 0 Å². The molecule has 0 saturated carbocycles. The third kappa shape index (κ3) is 4.07. The highest BCUT2D eigenvalue weighted by Crippen LogP contribution is 2.29. The Labute approximate surface area is 118 Å². The second-order valence-corrected chi connectivity index (χ2v) is 5.45. The highest BCUT2D eigenvalue weighted by Gasteiger charge is 2.23. The quantitative estimate of drug-likeness (QED) is 0.896. The Bertz CT molecular complexity index is 420. The van der Waals surface area contributed by atoms with E-state index in [0.717, 1.165) is 25.9 Å². The van der Waals surface area contributed by atoms with Gasteiger partial charge in [-0.05, 0) is 58.0 Å². The Morgan fingerprint density at radius 1 is 1.25 bits per heavy atom. The molecular weight excluding hydrogens is 262 g/mol. The van der Waals surface area contributed by atoms with Gasteiger partial charge in [0.2, 0.25) is 0 Å². The first-order valence-electron chi connectivity index (χ1n) is 7.05. The highest BCUT2D eigenvalue weighted by atomic mass is 19.3. The summed E-state index contributed by atoms with van der Waals surface area (Å²) in [5.74, 6) is 0.771. The summed E-state index contributed by atoms with van der Waals surface area (Å²) in [4.78, 5) is 2.32. The molecular formula is C15H22F2N2O. The maximum Gasteiger partial charge on any atom is 0.387 e. The minimum atomic E-state index is -2.79. The van der Waals surface area contributed by atoms with Gasteiger partial charge in [0, 0.05) is 6.04 Å². The second-order valence-electron chi connectivity index (χ2n) is 5.45. The summed E-state index contributed by atoms with van der Waals surface area (Å²) in [6, 6.07) is 7.11. The molecule has 1 aliphatic rings. The zero-order chi connectivity index (χ0) is 14.5. The van der Waals surface area contributed by atoms with E-state index in [-0.39, 0.29) is 11.8 Å². The fraction of sp³-hybridized carbons (Fsp3) is 0.600. The SMILES string of the molecule is CC(Nc1ccccc1OC(F)F)C1CCN(C)CC1. The van der Waals surface area contributed by atoms with Crippen LogP contribution in [0.1, 0.15) is 19.8 Å². The van der Waals surface area contributed by atoms with Crippen molar-refractivity contribution >= 4 is 5.69 Å². The normalized spacial score (nSPS) is 19.1. The van der Waals surface area contributed by atoms with E-state index in [9.17, 15) is 8.78 Å². The molecule has 1 heterocycles. The Hall–Kier alpha value is -1.36. The number of anilines is 1. The molecule has 0 radical (unpaired) electrons. The maximum atomic E-state index is 12.4. The zero-order valence-corrected chi connectivity index (χ0v) is 12.0. The van der Waals surface area contributed by atoms with Crippen LogP contribution in [0.25, 0.3) is 0 Å². The van der Waals surface area contributed by atoms with Crippen LogP contribution < -0.4 is 10.1 Å².